The van der Waals surface area contributed by atoms with Gasteiger partial charge in [0.2, 0.25) is 0 Å². The topological polar surface area (TPSA) is 42.7 Å². The van der Waals surface area contributed by atoms with Crippen molar-refractivity contribution in [3.05, 3.63) is 65.0 Å². The van der Waals surface area contributed by atoms with Gasteiger partial charge in [-0.25, -0.2) is 4.85 Å². The average molecular weight is 334 g/mol. The number of carbonyl (C=O) groups excluding carboxylic acids is 1. The summed E-state index contributed by atoms with van der Waals surface area (Å²) in [6.07, 6.45) is 2.19. The van der Waals surface area contributed by atoms with Crippen molar-refractivity contribution in [1.29, 1.82) is 0 Å². The maximum absolute atomic E-state index is 12.4. The van der Waals surface area contributed by atoms with Gasteiger partial charge in [0.05, 0.1) is 12.7 Å². The molecule has 0 aliphatic carbocycles. The zero-order valence-corrected chi connectivity index (χ0v) is 14.8. The molecule has 1 atom stereocenters. The van der Waals surface area contributed by atoms with Gasteiger partial charge in [-0.1, -0.05) is 45.0 Å². The Labute approximate surface area is 148 Å². The minimum absolute atomic E-state index is 0.00623. The van der Waals surface area contributed by atoms with E-state index < -0.39 is 0 Å². The molecule has 1 aliphatic rings. The van der Waals surface area contributed by atoms with Crippen molar-refractivity contribution in [3.63, 3.8) is 0 Å². The summed E-state index contributed by atoms with van der Waals surface area (Å²) in [5.41, 5.74) is 2.94. The maximum atomic E-state index is 12.4. The molecular formula is C21H22N2O2. The molecule has 1 aliphatic heterocycles. The molecule has 1 N–H and O–H groups in total. The van der Waals surface area contributed by atoms with Crippen molar-refractivity contribution < 1.29 is 9.53 Å². The molecule has 1 unspecified atom stereocenters. The quantitative estimate of drug-likeness (QED) is 0.771. The zero-order chi connectivity index (χ0) is 18.0. The van der Waals surface area contributed by atoms with Crippen molar-refractivity contribution in [2.24, 2.45) is 0 Å². The van der Waals surface area contributed by atoms with Crippen LogP contribution in [0.4, 0.5) is 11.4 Å². The van der Waals surface area contributed by atoms with Crippen molar-refractivity contribution in [2.75, 3.05) is 5.32 Å². The van der Waals surface area contributed by atoms with E-state index in [0.717, 1.165) is 29.8 Å². The second-order valence-electron chi connectivity index (χ2n) is 7.06. The molecule has 25 heavy (non-hydrogen) atoms. The third-order valence-electron chi connectivity index (χ3n) is 4.71. The van der Waals surface area contributed by atoms with Crippen LogP contribution < -0.4 is 10.1 Å². The Kier molecular flexibility index (Phi) is 4.50. The number of benzene rings is 2. The molecule has 2 aromatic rings. The van der Waals surface area contributed by atoms with Crippen LogP contribution in [0.1, 0.15) is 49.5 Å². The summed E-state index contributed by atoms with van der Waals surface area (Å²) < 4.78 is 6.05. The van der Waals surface area contributed by atoms with Gasteiger partial charge in [-0.15, -0.1) is 0 Å². The molecule has 2 aromatic carbocycles. The highest BCUT2D eigenvalue weighted by Crippen LogP contribution is 2.42. The molecule has 0 aromatic heterocycles. The number of anilines is 1. The molecule has 0 bridgehead atoms. The lowest BCUT2D eigenvalue weighted by atomic mass is 9.77. The second kappa shape index (κ2) is 6.60. The largest absolute Gasteiger partial charge is 0.490 e. The molecule has 4 heteroatoms. The highest BCUT2D eigenvalue weighted by atomic mass is 16.5. The number of ether oxygens (including phenoxy) is 1. The molecule has 0 radical (unpaired) electrons. The van der Waals surface area contributed by atoms with E-state index in [-0.39, 0.29) is 17.4 Å². The van der Waals surface area contributed by atoms with Crippen molar-refractivity contribution in [3.8, 4) is 5.75 Å². The van der Waals surface area contributed by atoms with Crippen LogP contribution in [0.5, 0.6) is 5.75 Å². The Bertz CT molecular complexity index is 832. The third-order valence-corrected chi connectivity index (χ3v) is 4.71. The van der Waals surface area contributed by atoms with Crippen LogP contribution in [-0.2, 0) is 5.41 Å². The lowest BCUT2D eigenvalue weighted by Crippen LogP contribution is -2.34. The molecule has 0 saturated heterocycles. The van der Waals surface area contributed by atoms with Gasteiger partial charge in [0, 0.05) is 16.8 Å². The standard InChI is InChI=1S/C21H22N2O2/c1-5-17-13-21(2,3)18-12-16(10-11-19(18)25-17)23-20(24)14-6-8-15(22-4)9-7-14/h6-12,17H,5,13H2,1-3H3,(H,23,24). The summed E-state index contributed by atoms with van der Waals surface area (Å²) in [5.74, 6) is 0.722. The highest BCUT2D eigenvalue weighted by Gasteiger charge is 2.33. The smallest absolute Gasteiger partial charge is 0.255 e. The van der Waals surface area contributed by atoms with Crippen LogP contribution in [0.25, 0.3) is 4.85 Å². The number of hydrogen-bond acceptors (Lipinski definition) is 2. The van der Waals surface area contributed by atoms with Crippen molar-refractivity contribution in [2.45, 2.75) is 45.1 Å². The predicted molar refractivity (Wildman–Crippen MR) is 99.4 cm³/mol. The van der Waals surface area contributed by atoms with Crippen molar-refractivity contribution in [1.82, 2.24) is 0 Å². The van der Waals surface area contributed by atoms with E-state index >= 15 is 0 Å². The van der Waals surface area contributed by atoms with E-state index in [1.807, 2.05) is 18.2 Å². The average Bonchev–Trinajstić information content (AvgIpc) is 2.61. The predicted octanol–water partition coefficient (Wildman–Crippen LogP) is 5.33. The van der Waals surface area contributed by atoms with Crippen LogP contribution in [0.2, 0.25) is 0 Å². The van der Waals surface area contributed by atoms with Crippen molar-refractivity contribution >= 4 is 17.3 Å². The van der Waals surface area contributed by atoms with Gasteiger partial charge >= 0.3 is 0 Å². The number of nitrogens with zero attached hydrogens (tertiary/aromatic N) is 1. The number of carbonyl (C=O) groups is 1. The first-order valence-corrected chi connectivity index (χ1v) is 8.53. The fraction of sp³-hybridized carbons (Fsp3) is 0.333. The van der Waals surface area contributed by atoms with E-state index in [9.17, 15) is 4.79 Å². The zero-order valence-electron chi connectivity index (χ0n) is 14.8. The van der Waals surface area contributed by atoms with Gasteiger partial charge in [-0.2, -0.15) is 0 Å². The van der Waals surface area contributed by atoms with Crippen LogP contribution in [0.15, 0.2) is 42.5 Å². The summed E-state index contributed by atoms with van der Waals surface area (Å²) in [7, 11) is 0. The maximum Gasteiger partial charge on any atom is 0.255 e. The van der Waals surface area contributed by atoms with E-state index in [4.69, 9.17) is 11.3 Å². The van der Waals surface area contributed by atoms with Gasteiger partial charge < -0.3 is 10.1 Å². The molecule has 4 nitrogen and oxygen atoms in total. The van der Waals surface area contributed by atoms with Gasteiger partial charge in [-0.3, -0.25) is 4.79 Å². The molecule has 1 heterocycles. The van der Waals surface area contributed by atoms with E-state index in [1.165, 1.54) is 0 Å². The Hall–Kier alpha value is -2.80. The van der Waals surface area contributed by atoms with Gasteiger partial charge in [0.25, 0.3) is 5.91 Å². The molecule has 0 spiro atoms. The SMILES string of the molecule is [C-]#[N+]c1ccc(C(=O)Nc2ccc3c(c2)C(C)(C)CC(CC)O3)cc1. The molecule has 0 fully saturated rings. The number of amides is 1. The minimum atomic E-state index is -0.183. The lowest BCUT2D eigenvalue weighted by molar-refractivity contribution is 0.102. The molecule has 0 saturated carbocycles. The normalized spacial score (nSPS) is 17.8. The Morgan fingerprint density at radius 2 is 2.00 bits per heavy atom. The minimum Gasteiger partial charge on any atom is -0.490 e. The molecule has 1 amide bonds. The number of hydrogen-bond donors (Lipinski definition) is 1. The monoisotopic (exact) mass is 334 g/mol. The third kappa shape index (κ3) is 3.51. The second-order valence-corrected chi connectivity index (χ2v) is 7.06. The first-order valence-electron chi connectivity index (χ1n) is 8.53. The van der Waals surface area contributed by atoms with Crippen LogP contribution in [0, 0.1) is 6.57 Å². The first kappa shape index (κ1) is 17.0. The summed E-state index contributed by atoms with van der Waals surface area (Å²) in [6.45, 7) is 13.5. The van der Waals surface area contributed by atoms with E-state index in [1.54, 1.807) is 24.3 Å². The number of rotatable bonds is 3. The van der Waals surface area contributed by atoms with E-state index in [0.29, 0.717) is 11.3 Å². The number of nitrogens with one attached hydrogen (secondary N) is 1. The fourth-order valence-electron chi connectivity index (χ4n) is 3.26. The van der Waals surface area contributed by atoms with E-state index in [2.05, 4.69) is 30.9 Å². The molecule has 128 valence electrons. The lowest BCUT2D eigenvalue weighted by Gasteiger charge is -2.37. The summed E-state index contributed by atoms with van der Waals surface area (Å²) >= 11 is 0. The molecule has 3 rings (SSSR count). The Morgan fingerprint density at radius 1 is 1.28 bits per heavy atom. The highest BCUT2D eigenvalue weighted by molar-refractivity contribution is 6.04. The van der Waals surface area contributed by atoms with Crippen LogP contribution in [-0.4, -0.2) is 12.0 Å². The fourth-order valence-corrected chi connectivity index (χ4v) is 3.26. The Balaban J connectivity index is 1.82. The van der Waals surface area contributed by atoms with Gasteiger partial charge in [-0.05, 0) is 36.5 Å². The Morgan fingerprint density at radius 3 is 2.64 bits per heavy atom. The van der Waals surface area contributed by atoms with Crippen LogP contribution >= 0.6 is 0 Å². The molecular weight excluding hydrogens is 312 g/mol. The van der Waals surface area contributed by atoms with Gasteiger partial charge in [0.1, 0.15) is 5.75 Å². The summed E-state index contributed by atoms with van der Waals surface area (Å²) in [6, 6.07) is 12.5. The number of fused-ring (bicyclic) bond motifs is 1. The van der Waals surface area contributed by atoms with Crippen LogP contribution in [0.3, 0.4) is 0 Å². The summed E-state index contributed by atoms with van der Waals surface area (Å²) in [5, 5.41) is 2.94. The first-order chi connectivity index (χ1) is 11.9. The van der Waals surface area contributed by atoms with Gasteiger partial charge in [0.15, 0.2) is 5.69 Å². The summed E-state index contributed by atoms with van der Waals surface area (Å²) in [4.78, 5) is 15.8.